The average Bonchev–Trinajstić information content (AvgIpc) is 3.00. The lowest BCUT2D eigenvalue weighted by atomic mass is 10.1. The number of rotatable bonds is 4. The van der Waals surface area contributed by atoms with Crippen molar-refractivity contribution in [3.05, 3.63) is 48.7 Å². The molecule has 0 aliphatic heterocycles. The van der Waals surface area contributed by atoms with Crippen molar-refractivity contribution < 1.29 is 4.74 Å². The lowest BCUT2D eigenvalue weighted by Crippen LogP contribution is -1.88. The summed E-state index contributed by atoms with van der Waals surface area (Å²) in [5.74, 6) is 0.844. The molecule has 1 aromatic carbocycles. The molecule has 0 atom stereocenters. The Kier molecular flexibility index (Phi) is 3.83. The van der Waals surface area contributed by atoms with Crippen molar-refractivity contribution in [3.63, 3.8) is 0 Å². The molecular weight excluding hydrogens is 282 g/mol. The van der Waals surface area contributed by atoms with Crippen LogP contribution in [0.5, 0.6) is 5.75 Å². The summed E-state index contributed by atoms with van der Waals surface area (Å²) in [6.07, 6.45) is 1.78. The highest BCUT2D eigenvalue weighted by Crippen LogP contribution is 2.38. The van der Waals surface area contributed by atoms with Crippen LogP contribution in [0.4, 0.5) is 5.13 Å². The minimum absolute atomic E-state index is 0.844. The van der Waals surface area contributed by atoms with Crippen LogP contribution in [0.3, 0.4) is 0 Å². The van der Waals surface area contributed by atoms with Gasteiger partial charge in [-0.05, 0) is 42.0 Å². The van der Waals surface area contributed by atoms with Gasteiger partial charge in [0, 0.05) is 13.2 Å². The van der Waals surface area contributed by atoms with E-state index in [4.69, 9.17) is 4.74 Å². The Hall–Kier alpha value is -2.40. The van der Waals surface area contributed by atoms with Gasteiger partial charge >= 0.3 is 0 Å². The zero-order valence-corrected chi connectivity index (χ0v) is 12.6. The minimum atomic E-state index is 0.844. The molecule has 0 aliphatic rings. The van der Waals surface area contributed by atoms with Gasteiger partial charge in [-0.2, -0.15) is 0 Å². The zero-order chi connectivity index (χ0) is 14.7. The van der Waals surface area contributed by atoms with Crippen molar-refractivity contribution >= 4 is 16.5 Å². The highest BCUT2D eigenvalue weighted by Gasteiger charge is 2.15. The van der Waals surface area contributed by atoms with Gasteiger partial charge in [0.15, 0.2) is 5.13 Å². The summed E-state index contributed by atoms with van der Waals surface area (Å²) in [5.41, 5.74) is 2.88. The summed E-state index contributed by atoms with van der Waals surface area (Å²) in [5, 5.41) is 3.98. The van der Waals surface area contributed by atoms with Crippen molar-refractivity contribution in [1.82, 2.24) is 9.97 Å². The molecule has 5 heteroatoms. The van der Waals surface area contributed by atoms with Crippen LogP contribution in [0.25, 0.3) is 21.8 Å². The maximum atomic E-state index is 5.21. The molecule has 2 aromatic heterocycles. The molecule has 0 saturated carbocycles. The first kappa shape index (κ1) is 13.6. The Balaban J connectivity index is 2.10. The van der Waals surface area contributed by atoms with E-state index in [9.17, 15) is 0 Å². The number of pyridine rings is 1. The normalized spacial score (nSPS) is 10.4. The van der Waals surface area contributed by atoms with E-state index < -0.39 is 0 Å². The summed E-state index contributed by atoms with van der Waals surface area (Å²) < 4.78 is 5.21. The molecule has 3 aromatic rings. The first-order valence-electron chi connectivity index (χ1n) is 6.56. The summed E-state index contributed by atoms with van der Waals surface area (Å²) in [6, 6.07) is 13.8. The van der Waals surface area contributed by atoms with E-state index in [1.165, 1.54) is 0 Å². The monoisotopic (exact) mass is 297 g/mol. The Labute approximate surface area is 127 Å². The van der Waals surface area contributed by atoms with Crippen LogP contribution in [-0.2, 0) is 0 Å². The molecular formula is C16H15N3OS. The molecule has 106 valence electrons. The third-order valence-corrected chi connectivity index (χ3v) is 4.22. The van der Waals surface area contributed by atoms with Gasteiger partial charge in [-0.1, -0.05) is 17.4 Å². The Morgan fingerprint density at radius 2 is 1.90 bits per heavy atom. The van der Waals surface area contributed by atoms with E-state index in [1.807, 2.05) is 49.5 Å². The number of anilines is 1. The second kappa shape index (κ2) is 5.93. The number of aromatic nitrogens is 2. The Morgan fingerprint density at radius 3 is 2.52 bits per heavy atom. The van der Waals surface area contributed by atoms with E-state index in [-0.39, 0.29) is 0 Å². The number of hydrogen-bond donors (Lipinski definition) is 1. The number of nitrogens with zero attached hydrogens (tertiary/aromatic N) is 2. The summed E-state index contributed by atoms with van der Waals surface area (Å²) in [6.45, 7) is 0. The van der Waals surface area contributed by atoms with Gasteiger partial charge in [-0.15, -0.1) is 0 Å². The van der Waals surface area contributed by atoms with Crippen LogP contribution >= 0.6 is 11.3 Å². The molecule has 0 saturated heterocycles. The van der Waals surface area contributed by atoms with Crippen LogP contribution in [0.2, 0.25) is 0 Å². The van der Waals surface area contributed by atoms with Gasteiger partial charge in [0.2, 0.25) is 0 Å². The molecule has 0 bridgehead atoms. The second-order valence-electron chi connectivity index (χ2n) is 4.39. The summed E-state index contributed by atoms with van der Waals surface area (Å²) in [7, 11) is 3.54. The zero-order valence-electron chi connectivity index (χ0n) is 11.8. The van der Waals surface area contributed by atoms with Crippen molar-refractivity contribution in [2.45, 2.75) is 0 Å². The number of ether oxygens (including phenoxy) is 1. The standard InChI is InChI=1S/C16H15N3OS/c1-17-16-19-14(13-5-3-4-10-18-13)15(21-16)11-6-8-12(20-2)9-7-11/h3-10H,1-2H3,(H,17,19). The number of methoxy groups -OCH3 is 1. The third kappa shape index (κ3) is 2.73. The van der Waals surface area contributed by atoms with E-state index in [0.29, 0.717) is 0 Å². The highest BCUT2D eigenvalue weighted by atomic mass is 32.1. The summed E-state index contributed by atoms with van der Waals surface area (Å²) >= 11 is 1.62. The molecule has 0 amide bonds. The lowest BCUT2D eigenvalue weighted by molar-refractivity contribution is 0.415. The van der Waals surface area contributed by atoms with Crippen LogP contribution in [-0.4, -0.2) is 24.1 Å². The first-order valence-corrected chi connectivity index (χ1v) is 7.38. The molecule has 2 heterocycles. The van der Waals surface area contributed by atoms with Crippen LogP contribution in [0.15, 0.2) is 48.7 Å². The van der Waals surface area contributed by atoms with Gasteiger partial charge in [0.05, 0.1) is 17.7 Å². The molecule has 3 rings (SSSR count). The minimum Gasteiger partial charge on any atom is -0.497 e. The quantitative estimate of drug-likeness (QED) is 0.793. The fourth-order valence-corrected chi connectivity index (χ4v) is 2.97. The van der Waals surface area contributed by atoms with E-state index in [0.717, 1.165) is 32.7 Å². The fourth-order valence-electron chi connectivity index (χ4n) is 2.04. The largest absolute Gasteiger partial charge is 0.497 e. The van der Waals surface area contributed by atoms with Gasteiger partial charge in [0.25, 0.3) is 0 Å². The Bertz CT molecular complexity index is 723. The number of thiazole rings is 1. The SMILES string of the molecule is CNc1nc(-c2ccccn2)c(-c2ccc(OC)cc2)s1. The molecule has 0 radical (unpaired) electrons. The topological polar surface area (TPSA) is 47.0 Å². The van der Waals surface area contributed by atoms with Crippen LogP contribution < -0.4 is 10.1 Å². The Morgan fingerprint density at radius 1 is 1.10 bits per heavy atom. The molecule has 0 fully saturated rings. The average molecular weight is 297 g/mol. The highest BCUT2D eigenvalue weighted by molar-refractivity contribution is 7.19. The van der Waals surface area contributed by atoms with Gasteiger partial charge < -0.3 is 10.1 Å². The molecule has 0 spiro atoms. The molecule has 0 unspecified atom stereocenters. The smallest absolute Gasteiger partial charge is 0.183 e. The van der Waals surface area contributed by atoms with Crippen molar-refractivity contribution in [2.75, 3.05) is 19.5 Å². The molecule has 1 N–H and O–H groups in total. The van der Waals surface area contributed by atoms with E-state index in [1.54, 1.807) is 24.6 Å². The maximum absolute atomic E-state index is 5.21. The predicted octanol–water partition coefficient (Wildman–Crippen LogP) is 3.92. The number of benzene rings is 1. The van der Waals surface area contributed by atoms with Gasteiger partial charge in [0.1, 0.15) is 11.4 Å². The molecule has 0 aliphatic carbocycles. The molecule has 21 heavy (non-hydrogen) atoms. The fraction of sp³-hybridized carbons (Fsp3) is 0.125. The van der Waals surface area contributed by atoms with Crippen molar-refractivity contribution in [1.29, 1.82) is 0 Å². The van der Waals surface area contributed by atoms with Crippen molar-refractivity contribution in [2.24, 2.45) is 0 Å². The van der Waals surface area contributed by atoms with Crippen molar-refractivity contribution in [3.8, 4) is 27.6 Å². The predicted molar refractivity (Wildman–Crippen MR) is 86.9 cm³/mol. The first-order chi connectivity index (χ1) is 10.3. The van der Waals surface area contributed by atoms with Gasteiger partial charge in [-0.3, -0.25) is 4.98 Å². The van der Waals surface area contributed by atoms with Gasteiger partial charge in [-0.25, -0.2) is 4.98 Å². The number of hydrogen-bond acceptors (Lipinski definition) is 5. The molecule has 4 nitrogen and oxygen atoms in total. The second-order valence-corrected chi connectivity index (χ2v) is 5.39. The maximum Gasteiger partial charge on any atom is 0.183 e. The van der Waals surface area contributed by atoms with E-state index >= 15 is 0 Å². The third-order valence-electron chi connectivity index (χ3n) is 3.10. The lowest BCUT2D eigenvalue weighted by Gasteiger charge is -2.03. The van der Waals surface area contributed by atoms with Crippen LogP contribution in [0.1, 0.15) is 0 Å². The van der Waals surface area contributed by atoms with E-state index in [2.05, 4.69) is 15.3 Å². The summed E-state index contributed by atoms with van der Waals surface area (Å²) in [4.78, 5) is 10.1. The van der Waals surface area contributed by atoms with Crippen LogP contribution in [0, 0.1) is 0 Å². The number of nitrogens with one attached hydrogen (secondary N) is 1.